The molecule has 156 valence electrons. The number of hydrogen-bond acceptors (Lipinski definition) is 4. The van der Waals surface area contributed by atoms with Crippen molar-refractivity contribution in [3.05, 3.63) is 0 Å². The lowest BCUT2D eigenvalue weighted by atomic mass is 9.52. The van der Waals surface area contributed by atoms with E-state index in [1.807, 2.05) is 27.7 Å². The van der Waals surface area contributed by atoms with Gasteiger partial charge in [-0.3, -0.25) is 4.79 Å². The molecule has 0 saturated heterocycles. The molecule has 0 aromatic rings. The van der Waals surface area contributed by atoms with Crippen LogP contribution >= 0.6 is 0 Å². The van der Waals surface area contributed by atoms with Crippen molar-refractivity contribution in [3.8, 4) is 0 Å². The van der Waals surface area contributed by atoms with Gasteiger partial charge in [0.05, 0.1) is 24.2 Å². The van der Waals surface area contributed by atoms with E-state index in [0.717, 1.165) is 25.7 Å². The van der Waals surface area contributed by atoms with Crippen LogP contribution in [-0.4, -0.2) is 35.0 Å². The van der Waals surface area contributed by atoms with Crippen LogP contribution in [0.2, 0.25) is 0 Å². The first-order valence-electron chi connectivity index (χ1n) is 11.1. The molecule has 4 heteroatoms. The fourth-order valence-corrected chi connectivity index (χ4v) is 6.75. The predicted molar refractivity (Wildman–Crippen MR) is 106 cm³/mol. The second-order valence-corrected chi connectivity index (χ2v) is 11.0. The fraction of sp³-hybridized carbons (Fsp3) is 0.957. The van der Waals surface area contributed by atoms with E-state index in [-0.39, 0.29) is 23.6 Å². The van der Waals surface area contributed by atoms with E-state index < -0.39 is 5.41 Å². The van der Waals surface area contributed by atoms with Crippen molar-refractivity contribution in [2.75, 3.05) is 6.61 Å². The van der Waals surface area contributed by atoms with Crippen LogP contribution in [0.3, 0.4) is 0 Å². The number of esters is 1. The first-order chi connectivity index (χ1) is 12.5. The number of carbonyl (C=O) groups is 1. The molecule has 0 heterocycles. The average Bonchev–Trinajstić information content (AvgIpc) is 2.91. The van der Waals surface area contributed by atoms with Crippen LogP contribution in [0.15, 0.2) is 0 Å². The zero-order valence-electron chi connectivity index (χ0n) is 17.9. The number of carbonyl (C=O) groups excluding carboxylic acids is 1. The molecule has 2 N–H and O–H groups in total. The summed E-state index contributed by atoms with van der Waals surface area (Å²) in [5.41, 5.74) is -0.353. The van der Waals surface area contributed by atoms with Crippen molar-refractivity contribution in [1.82, 2.24) is 0 Å². The van der Waals surface area contributed by atoms with Crippen molar-refractivity contribution >= 4 is 5.97 Å². The third kappa shape index (κ3) is 4.07. The Hall–Kier alpha value is -0.610. The van der Waals surface area contributed by atoms with Crippen LogP contribution in [0.5, 0.6) is 0 Å². The topological polar surface area (TPSA) is 66.8 Å². The van der Waals surface area contributed by atoms with Crippen molar-refractivity contribution in [1.29, 1.82) is 0 Å². The minimum absolute atomic E-state index is 0.0871. The molecule has 0 radical (unpaired) electrons. The molecule has 3 aliphatic rings. The van der Waals surface area contributed by atoms with Gasteiger partial charge in [-0.25, -0.2) is 0 Å². The van der Waals surface area contributed by atoms with Gasteiger partial charge in [-0.1, -0.05) is 13.3 Å². The van der Waals surface area contributed by atoms with Crippen molar-refractivity contribution < 1.29 is 19.7 Å². The van der Waals surface area contributed by atoms with E-state index in [0.29, 0.717) is 36.2 Å². The average molecular weight is 381 g/mol. The normalized spacial score (nSPS) is 42.9. The molecule has 3 aliphatic carbocycles. The van der Waals surface area contributed by atoms with Crippen LogP contribution in [0.25, 0.3) is 0 Å². The van der Waals surface area contributed by atoms with Crippen molar-refractivity contribution in [2.24, 2.45) is 40.4 Å². The first-order valence-corrected chi connectivity index (χ1v) is 11.1. The van der Waals surface area contributed by atoms with Crippen LogP contribution in [0.4, 0.5) is 0 Å². The van der Waals surface area contributed by atoms with Gasteiger partial charge in [0.2, 0.25) is 0 Å². The Morgan fingerprint density at radius 1 is 1.19 bits per heavy atom. The number of aliphatic hydroxyl groups excluding tert-OH is 2. The zero-order chi connectivity index (χ0) is 20.0. The SMILES string of the molecule is CC(O)[C@H]1CC[C@H]2[C@@H]3CC[C@@H](CCOC(=O)C(C)(C)C)C[C@H]3[C@H](O)C[C@]12C. The Morgan fingerprint density at radius 2 is 1.89 bits per heavy atom. The quantitative estimate of drug-likeness (QED) is 0.718. The number of fused-ring (bicyclic) bond motifs is 3. The summed E-state index contributed by atoms with van der Waals surface area (Å²) in [5.74, 6) is 2.37. The summed E-state index contributed by atoms with van der Waals surface area (Å²) in [4.78, 5) is 11.9. The minimum Gasteiger partial charge on any atom is -0.465 e. The molecule has 0 aromatic heterocycles. The molecular weight excluding hydrogens is 340 g/mol. The molecule has 0 aliphatic heterocycles. The van der Waals surface area contributed by atoms with Gasteiger partial charge >= 0.3 is 5.97 Å². The smallest absolute Gasteiger partial charge is 0.311 e. The number of rotatable bonds is 4. The molecule has 0 aromatic carbocycles. The standard InChI is InChI=1S/C23H40O4/c1-14(24)18-8-9-19-16-7-6-15(10-11-27-21(26)22(2,3)4)12-17(16)20(25)13-23(18,19)5/h14-20,24-25H,6-13H2,1-5H3/t14?,15-,16+,17+,18+,19-,20+,23+/m0/s1. The highest BCUT2D eigenvalue weighted by atomic mass is 16.5. The van der Waals surface area contributed by atoms with E-state index in [4.69, 9.17) is 4.74 Å². The van der Waals surface area contributed by atoms with Crippen molar-refractivity contribution in [3.63, 3.8) is 0 Å². The lowest BCUT2D eigenvalue weighted by molar-refractivity contribution is -0.153. The summed E-state index contributed by atoms with van der Waals surface area (Å²) in [6.07, 6.45) is 6.92. The van der Waals surface area contributed by atoms with E-state index in [1.54, 1.807) is 0 Å². The second-order valence-electron chi connectivity index (χ2n) is 11.0. The molecule has 8 atom stereocenters. The summed E-state index contributed by atoms with van der Waals surface area (Å²) >= 11 is 0. The molecule has 0 amide bonds. The van der Waals surface area contributed by atoms with Gasteiger partial charge in [0, 0.05) is 0 Å². The van der Waals surface area contributed by atoms with Gasteiger partial charge in [0.1, 0.15) is 0 Å². The summed E-state index contributed by atoms with van der Waals surface area (Å²) in [6.45, 7) is 10.4. The van der Waals surface area contributed by atoms with Gasteiger partial charge < -0.3 is 14.9 Å². The molecule has 0 bridgehead atoms. The second kappa shape index (κ2) is 7.67. The van der Waals surface area contributed by atoms with Gasteiger partial charge in [-0.05, 0) is 101 Å². The monoisotopic (exact) mass is 380 g/mol. The molecule has 1 unspecified atom stereocenters. The highest BCUT2D eigenvalue weighted by molar-refractivity contribution is 5.75. The Kier molecular flexibility index (Phi) is 5.99. The number of ether oxygens (including phenoxy) is 1. The van der Waals surface area contributed by atoms with Crippen LogP contribution in [0.1, 0.15) is 79.6 Å². The molecule has 4 nitrogen and oxygen atoms in total. The van der Waals surface area contributed by atoms with E-state index >= 15 is 0 Å². The van der Waals surface area contributed by atoms with E-state index in [9.17, 15) is 15.0 Å². The largest absolute Gasteiger partial charge is 0.465 e. The number of aliphatic hydroxyl groups is 2. The maximum Gasteiger partial charge on any atom is 0.311 e. The molecule has 3 fully saturated rings. The maximum atomic E-state index is 11.9. The molecule has 27 heavy (non-hydrogen) atoms. The summed E-state index contributed by atoms with van der Waals surface area (Å²) in [7, 11) is 0. The van der Waals surface area contributed by atoms with Gasteiger partial charge in [-0.15, -0.1) is 0 Å². The Labute approximate surface area is 165 Å². The lowest BCUT2D eigenvalue weighted by Crippen LogP contribution is -2.51. The number of hydrogen-bond donors (Lipinski definition) is 2. The van der Waals surface area contributed by atoms with Crippen molar-refractivity contribution in [2.45, 2.75) is 91.8 Å². The highest BCUT2D eigenvalue weighted by Gasteiger charge is 2.58. The predicted octanol–water partition coefficient (Wildman–Crippen LogP) is 4.18. The Balaban J connectivity index is 1.58. The van der Waals surface area contributed by atoms with Gasteiger partial charge in [-0.2, -0.15) is 0 Å². The minimum atomic E-state index is -0.440. The third-order valence-corrected chi connectivity index (χ3v) is 8.16. The van der Waals surface area contributed by atoms with Gasteiger partial charge in [0.15, 0.2) is 0 Å². The Bertz CT molecular complexity index is 537. The van der Waals surface area contributed by atoms with Gasteiger partial charge in [0.25, 0.3) is 0 Å². The molecule has 0 spiro atoms. The molecule has 3 rings (SSSR count). The zero-order valence-corrected chi connectivity index (χ0v) is 17.9. The van der Waals surface area contributed by atoms with Crippen LogP contribution in [-0.2, 0) is 9.53 Å². The molecule has 3 saturated carbocycles. The van der Waals surface area contributed by atoms with Crippen LogP contribution in [0, 0.1) is 40.4 Å². The van der Waals surface area contributed by atoms with E-state index in [2.05, 4.69) is 6.92 Å². The fourth-order valence-electron chi connectivity index (χ4n) is 6.75. The summed E-state index contributed by atoms with van der Waals surface area (Å²) in [6, 6.07) is 0. The van der Waals surface area contributed by atoms with E-state index in [1.165, 1.54) is 19.3 Å². The lowest BCUT2D eigenvalue weighted by Gasteiger charge is -2.54. The third-order valence-electron chi connectivity index (χ3n) is 8.16. The molecular formula is C23H40O4. The first kappa shape index (κ1) is 21.1. The summed E-state index contributed by atoms with van der Waals surface area (Å²) < 4.78 is 5.47. The maximum absolute atomic E-state index is 11.9. The highest BCUT2D eigenvalue weighted by Crippen LogP contribution is 2.62. The summed E-state index contributed by atoms with van der Waals surface area (Å²) in [5, 5.41) is 21.2. The Morgan fingerprint density at radius 3 is 2.52 bits per heavy atom. The van der Waals surface area contributed by atoms with Crippen LogP contribution < -0.4 is 0 Å².